The summed E-state index contributed by atoms with van der Waals surface area (Å²) in [5.74, 6) is 1.61. The normalized spacial score (nSPS) is 10.8. The first-order chi connectivity index (χ1) is 9.24. The lowest BCUT2D eigenvalue weighted by molar-refractivity contribution is 0.967. The average Bonchev–Trinajstić information content (AvgIpc) is 2.80. The molecule has 1 aromatic carbocycles. The van der Waals surface area contributed by atoms with E-state index in [2.05, 4.69) is 38.5 Å². The van der Waals surface area contributed by atoms with Gasteiger partial charge in [0.2, 0.25) is 0 Å². The second-order valence-corrected chi connectivity index (χ2v) is 5.27. The standard InChI is InChI=1S/C14H14N4S/c1-9-16-12(15-2)8-14(17-9)19-13-7-10-5-3-4-6-11(10)18-13/h3-8,18H,1-2H3,(H,15,16,17). The van der Waals surface area contributed by atoms with Crippen molar-refractivity contribution in [1.29, 1.82) is 0 Å². The summed E-state index contributed by atoms with van der Waals surface area (Å²) >= 11 is 1.61. The van der Waals surface area contributed by atoms with E-state index < -0.39 is 0 Å². The summed E-state index contributed by atoms with van der Waals surface area (Å²) in [6, 6.07) is 12.3. The minimum absolute atomic E-state index is 0.769. The number of nitrogens with one attached hydrogen (secondary N) is 2. The number of H-pyrrole nitrogens is 1. The number of para-hydroxylation sites is 1. The highest BCUT2D eigenvalue weighted by atomic mass is 32.2. The van der Waals surface area contributed by atoms with E-state index >= 15 is 0 Å². The van der Waals surface area contributed by atoms with Crippen LogP contribution in [-0.4, -0.2) is 22.0 Å². The third-order valence-electron chi connectivity index (χ3n) is 2.79. The van der Waals surface area contributed by atoms with Crippen molar-refractivity contribution in [3.8, 4) is 0 Å². The highest BCUT2D eigenvalue weighted by Crippen LogP contribution is 2.29. The maximum atomic E-state index is 4.44. The molecule has 2 N–H and O–H groups in total. The van der Waals surface area contributed by atoms with E-state index in [1.165, 1.54) is 5.39 Å². The van der Waals surface area contributed by atoms with E-state index in [0.717, 1.165) is 27.2 Å². The first kappa shape index (κ1) is 12.0. The van der Waals surface area contributed by atoms with Gasteiger partial charge >= 0.3 is 0 Å². The van der Waals surface area contributed by atoms with Crippen LogP contribution < -0.4 is 5.32 Å². The quantitative estimate of drug-likeness (QED) is 0.716. The molecule has 3 rings (SSSR count). The molecular formula is C14H14N4S. The van der Waals surface area contributed by atoms with Crippen molar-refractivity contribution in [3.05, 3.63) is 42.2 Å². The molecule has 0 unspecified atom stereocenters. The lowest BCUT2D eigenvalue weighted by Crippen LogP contribution is -1.97. The van der Waals surface area contributed by atoms with Gasteiger partial charge in [-0.3, -0.25) is 0 Å². The number of rotatable bonds is 3. The van der Waals surface area contributed by atoms with Gasteiger partial charge in [0, 0.05) is 24.0 Å². The van der Waals surface area contributed by atoms with Gasteiger partial charge in [-0.15, -0.1) is 0 Å². The molecule has 2 heterocycles. The zero-order chi connectivity index (χ0) is 13.2. The van der Waals surface area contributed by atoms with Gasteiger partial charge in [0.1, 0.15) is 16.7 Å². The molecule has 19 heavy (non-hydrogen) atoms. The van der Waals surface area contributed by atoms with Crippen molar-refractivity contribution in [1.82, 2.24) is 15.0 Å². The molecule has 5 heteroatoms. The molecule has 4 nitrogen and oxygen atoms in total. The molecule has 96 valence electrons. The van der Waals surface area contributed by atoms with Crippen LogP contribution in [0.3, 0.4) is 0 Å². The van der Waals surface area contributed by atoms with Crippen LogP contribution in [0.1, 0.15) is 5.82 Å². The Balaban J connectivity index is 1.94. The summed E-state index contributed by atoms with van der Waals surface area (Å²) in [5, 5.41) is 6.28. The lowest BCUT2D eigenvalue weighted by atomic mass is 10.3. The van der Waals surface area contributed by atoms with E-state index in [1.807, 2.05) is 32.2 Å². The van der Waals surface area contributed by atoms with Crippen molar-refractivity contribution >= 4 is 28.5 Å². The molecule has 0 aliphatic heterocycles. The van der Waals surface area contributed by atoms with Gasteiger partial charge < -0.3 is 10.3 Å². The molecule has 0 spiro atoms. The molecule has 0 saturated carbocycles. The van der Waals surface area contributed by atoms with Gasteiger partial charge in [-0.2, -0.15) is 0 Å². The molecule has 0 fully saturated rings. The first-order valence-corrected chi connectivity index (χ1v) is 6.85. The SMILES string of the molecule is CNc1cc(Sc2cc3ccccc3[nH]2)nc(C)n1. The number of hydrogen-bond acceptors (Lipinski definition) is 4. The van der Waals surface area contributed by atoms with Crippen molar-refractivity contribution in [3.63, 3.8) is 0 Å². The van der Waals surface area contributed by atoms with Crippen molar-refractivity contribution in [2.75, 3.05) is 12.4 Å². The number of aromatic amines is 1. The predicted molar refractivity (Wildman–Crippen MR) is 78.7 cm³/mol. The van der Waals surface area contributed by atoms with Crippen LogP contribution in [0.5, 0.6) is 0 Å². The van der Waals surface area contributed by atoms with Crippen LogP contribution >= 0.6 is 11.8 Å². The Morgan fingerprint density at radius 1 is 1.16 bits per heavy atom. The number of benzene rings is 1. The Kier molecular flexibility index (Phi) is 3.13. The summed E-state index contributed by atoms with van der Waals surface area (Å²) in [5.41, 5.74) is 1.14. The Morgan fingerprint density at radius 2 is 2.00 bits per heavy atom. The van der Waals surface area contributed by atoms with Crippen LogP contribution in [0.4, 0.5) is 5.82 Å². The third kappa shape index (κ3) is 2.56. The van der Waals surface area contributed by atoms with E-state index in [-0.39, 0.29) is 0 Å². The van der Waals surface area contributed by atoms with Gasteiger partial charge in [0.25, 0.3) is 0 Å². The fourth-order valence-electron chi connectivity index (χ4n) is 1.94. The molecule has 0 atom stereocenters. The molecule has 0 bridgehead atoms. The molecule has 0 aliphatic rings. The van der Waals surface area contributed by atoms with E-state index in [0.29, 0.717) is 0 Å². The number of hydrogen-bond donors (Lipinski definition) is 2. The fraction of sp³-hybridized carbons (Fsp3) is 0.143. The minimum Gasteiger partial charge on any atom is -0.373 e. The third-order valence-corrected chi connectivity index (χ3v) is 3.65. The topological polar surface area (TPSA) is 53.6 Å². The van der Waals surface area contributed by atoms with Crippen molar-refractivity contribution < 1.29 is 0 Å². The molecule has 0 radical (unpaired) electrons. The van der Waals surface area contributed by atoms with E-state index in [9.17, 15) is 0 Å². The summed E-state index contributed by atoms with van der Waals surface area (Å²) in [6.45, 7) is 1.90. The van der Waals surface area contributed by atoms with Gasteiger partial charge in [-0.25, -0.2) is 9.97 Å². The Labute approximate surface area is 115 Å². The Bertz CT molecular complexity index is 687. The lowest BCUT2D eigenvalue weighted by Gasteiger charge is -2.03. The zero-order valence-electron chi connectivity index (χ0n) is 10.8. The minimum atomic E-state index is 0.769. The van der Waals surface area contributed by atoms with Crippen molar-refractivity contribution in [2.45, 2.75) is 17.0 Å². The van der Waals surface area contributed by atoms with Crippen LogP contribution in [-0.2, 0) is 0 Å². The molecule has 0 amide bonds. The monoisotopic (exact) mass is 270 g/mol. The van der Waals surface area contributed by atoms with E-state index in [4.69, 9.17) is 0 Å². The highest BCUT2D eigenvalue weighted by molar-refractivity contribution is 7.99. The number of fused-ring (bicyclic) bond motifs is 1. The number of aromatic nitrogens is 3. The molecule has 2 aromatic heterocycles. The maximum Gasteiger partial charge on any atom is 0.130 e. The molecule has 0 aliphatic carbocycles. The highest BCUT2D eigenvalue weighted by Gasteiger charge is 2.05. The Hall–Kier alpha value is -2.01. The summed E-state index contributed by atoms with van der Waals surface area (Å²) < 4.78 is 0. The summed E-state index contributed by atoms with van der Waals surface area (Å²) in [6.07, 6.45) is 0. The summed E-state index contributed by atoms with van der Waals surface area (Å²) in [4.78, 5) is 12.1. The number of nitrogens with zero attached hydrogens (tertiary/aromatic N) is 2. The second-order valence-electron chi connectivity index (χ2n) is 4.21. The van der Waals surface area contributed by atoms with Crippen LogP contribution in [0.2, 0.25) is 0 Å². The van der Waals surface area contributed by atoms with Crippen LogP contribution in [0.25, 0.3) is 10.9 Å². The molecular weight excluding hydrogens is 256 g/mol. The average molecular weight is 270 g/mol. The molecule has 3 aromatic rings. The maximum absolute atomic E-state index is 4.44. The predicted octanol–water partition coefficient (Wildman–Crippen LogP) is 3.46. The number of anilines is 1. The molecule has 0 saturated heterocycles. The van der Waals surface area contributed by atoms with E-state index in [1.54, 1.807) is 11.8 Å². The van der Waals surface area contributed by atoms with Gasteiger partial charge in [-0.1, -0.05) is 30.0 Å². The first-order valence-electron chi connectivity index (χ1n) is 6.03. The van der Waals surface area contributed by atoms with Crippen LogP contribution in [0.15, 0.2) is 46.5 Å². The Morgan fingerprint density at radius 3 is 2.79 bits per heavy atom. The number of aryl methyl sites for hydroxylation is 1. The van der Waals surface area contributed by atoms with Gasteiger partial charge in [-0.05, 0) is 19.1 Å². The van der Waals surface area contributed by atoms with Crippen LogP contribution in [0, 0.1) is 6.92 Å². The second kappa shape index (κ2) is 4.93. The fourth-order valence-corrected chi connectivity index (χ4v) is 2.86. The smallest absolute Gasteiger partial charge is 0.130 e. The van der Waals surface area contributed by atoms with Gasteiger partial charge in [0.05, 0.1) is 5.03 Å². The largest absolute Gasteiger partial charge is 0.373 e. The van der Waals surface area contributed by atoms with Crippen molar-refractivity contribution in [2.24, 2.45) is 0 Å². The zero-order valence-corrected chi connectivity index (χ0v) is 11.6. The summed E-state index contributed by atoms with van der Waals surface area (Å²) in [7, 11) is 1.86. The van der Waals surface area contributed by atoms with Gasteiger partial charge in [0.15, 0.2) is 0 Å².